The monoisotopic (exact) mass is 191 g/mol. The Kier molecular flexibility index (Phi) is 2.21. The molecule has 2 heteroatoms. The maximum Gasteiger partial charge on any atom is 0.0484 e. The molecule has 0 spiro atoms. The van der Waals surface area contributed by atoms with Crippen LogP contribution in [-0.2, 0) is 6.54 Å². The minimum Gasteiger partial charge on any atom is -0.326 e. The number of hydrogen-bond acceptors (Lipinski definition) is 1. The average molecular weight is 192 g/mol. The van der Waals surface area contributed by atoms with Crippen LogP contribution < -0.4 is 5.73 Å². The van der Waals surface area contributed by atoms with Crippen LogP contribution in [0.5, 0.6) is 0 Å². The van der Waals surface area contributed by atoms with E-state index in [2.05, 4.69) is 6.07 Å². The standard InChI is InChI=1S/C11H10ClN/c12-11-3-1-2-9-6-8(7-13)4-5-10(9)11/h1-6H,7,13H2. The van der Waals surface area contributed by atoms with E-state index in [1.807, 2.05) is 30.3 Å². The summed E-state index contributed by atoms with van der Waals surface area (Å²) >= 11 is 6.02. The van der Waals surface area contributed by atoms with Crippen molar-refractivity contribution in [1.82, 2.24) is 0 Å². The molecule has 2 aromatic rings. The zero-order valence-corrected chi connectivity index (χ0v) is 7.88. The molecule has 0 aliphatic carbocycles. The van der Waals surface area contributed by atoms with E-state index in [1.165, 1.54) is 0 Å². The quantitative estimate of drug-likeness (QED) is 0.737. The fourth-order valence-electron chi connectivity index (χ4n) is 1.42. The molecule has 0 bridgehead atoms. The molecular formula is C11H10ClN. The van der Waals surface area contributed by atoms with Crippen LogP contribution in [0.4, 0.5) is 0 Å². The molecule has 1 nitrogen and oxygen atoms in total. The lowest BCUT2D eigenvalue weighted by molar-refractivity contribution is 1.08. The summed E-state index contributed by atoms with van der Waals surface area (Å²) in [5.74, 6) is 0. The van der Waals surface area contributed by atoms with Gasteiger partial charge in [-0.15, -0.1) is 0 Å². The van der Waals surface area contributed by atoms with Gasteiger partial charge in [0.2, 0.25) is 0 Å². The summed E-state index contributed by atoms with van der Waals surface area (Å²) in [5.41, 5.74) is 6.68. The molecule has 0 fully saturated rings. The van der Waals surface area contributed by atoms with Crippen LogP contribution in [-0.4, -0.2) is 0 Å². The SMILES string of the molecule is NCc1ccc2c(Cl)cccc2c1. The number of benzene rings is 2. The van der Waals surface area contributed by atoms with Crippen molar-refractivity contribution in [3.63, 3.8) is 0 Å². The maximum atomic E-state index is 6.02. The van der Waals surface area contributed by atoms with E-state index < -0.39 is 0 Å². The van der Waals surface area contributed by atoms with Gasteiger partial charge in [-0.2, -0.15) is 0 Å². The predicted octanol–water partition coefficient (Wildman–Crippen LogP) is 2.95. The highest BCUT2D eigenvalue weighted by molar-refractivity contribution is 6.35. The molecule has 0 unspecified atom stereocenters. The molecule has 13 heavy (non-hydrogen) atoms. The third-order valence-corrected chi connectivity index (χ3v) is 2.46. The molecule has 0 saturated heterocycles. The molecule has 0 atom stereocenters. The van der Waals surface area contributed by atoms with E-state index in [0.29, 0.717) is 6.54 Å². The Morgan fingerprint density at radius 3 is 2.77 bits per heavy atom. The predicted molar refractivity (Wildman–Crippen MR) is 56.8 cm³/mol. The van der Waals surface area contributed by atoms with Crippen molar-refractivity contribution >= 4 is 22.4 Å². The fraction of sp³-hybridized carbons (Fsp3) is 0.0909. The molecule has 0 aliphatic rings. The van der Waals surface area contributed by atoms with Gasteiger partial charge in [-0.25, -0.2) is 0 Å². The first kappa shape index (κ1) is 8.54. The second kappa shape index (κ2) is 3.36. The van der Waals surface area contributed by atoms with Gasteiger partial charge in [0.1, 0.15) is 0 Å². The molecule has 66 valence electrons. The molecule has 0 heterocycles. The number of hydrogen-bond donors (Lipinski definition) is 1. The van der Waals surface area contributed by atoms with E-state index in [9.17, 15) is 0 Å². The third kappa shape index (κ3) is 1.53. The van der Waals surface area contributed by atoms with Crippen molar-refractivity contribution in [3.05, 3.63) is 47.0 Å². The van der Waals surface area contributed by atoms with E-state index in [0.717, 1.165) is 21.4 Å². The van der Waals surface area contributed by atoms with Gasteiger partial charge in [-0.05, 0) is 23.1 Å². The van der Waals surface area contributed by atoms with Crippen LogP contribution in [0.25, 0.3) is 10.8 Å². The van der Waals surface area contributed by atoms with Crippen molar-refractivity contribution in [2.24, 2.45) is 5.73 Å². The summed E-state index contributed by atoms with van der Waals surface area (Å²) < 4.78 is 0. The summed E-state index contributed by atoms with van der Waals surface area (Å²) in [6.07, 6.45) is 0. The Bertz CT molecular complexity index is 437. The van der Waals surface area contributed by atoms with E-state index >= 15 is 0 Å². The highest BCUT2D eigenvalue weighted by atomic mass is 35.5. The van der Waals surface area contributed by atoms with Crippen molar-refractivity contribution in [2.75, 3.05) is 0 Å². The highest BCUT2D eigenvalue weighted by Crippen LogP contribution is 2.23. The van der Waals surface area contributed by atoms with Crippen LogP contribution in [0.15, 0.2) is 36.4 Å². The molecule has 2 rings (SSSR count). The Morgan fingerprint density at radius 2 is 2.00 bits per heavy atom. The minimum absolute atomic E-state index is 0.572. The van der Waals surface area contributed by atoms with Crippen molar-refractivity contribution in [3.8, 4) is 0 Å². The second-order valence-corrected chi connectivity index (χ2v) is 3.41. The zero-order valence-electron chi connectivity index (χ0n) is 7.13. The molecule has 0 amide bonds. The van der Waals surface area contributed by atoms with E-state index in [4.69, 9.17) is 17.3 Å². The van der Waals surface area contributed by atoms with Gasteiger partial charge >= 0.3 is 0 Å². The van der Waals surface area contributed by atoms with E-state index in [-0.39, 0.29) is 0 Å². The minimum atomic E-state index is 0.572. The van der Waals surface area contributed by atoms with Crippen LogP contribution in [0.1, 0.15) is 5.56 Å². The van der Waals surface area contributed by atoms with Gasteiger partial charge in [0.15, 0.2) is 0 Å². The number of rotatable bonds is 1. The summed E-state index contributed by atoms with van der Waals surface area (Å²) in [6, 6.07) is 12.0. The van der Waals surface area contributed by atoms with Gasteiger partial charge < -0.3 is 5.73 Å². The Labute approximate surface area is 82.1 Å². The Morgan fingerprint density at radius 1 is 1.15 bits per heavy atom. The summed E-state index contributed by atoms with van der Waals surface area (Å²) in [6.45, 7) is 0.572. The lowest BCUT2D eigenvalue weighted by Crippen LogP contribution is -1.95. The largest absolute Gasteiger partial charge is 0.326 e. The van der Waals surface area contributed by atoms with Gasteiger partial charge in [-0.3, -0.25) is 0 Å². The van der Waals surface area contributed by atoms with Crippen LogP contribution in [0.2, 0.25) is 5.02 Å². The molecule has 0 aromatic heterocycles. The van der Waals surface area contributed by atoms with Crippen molar-refractivity contribution < 1.29 is 0 Å². The van der Waals surface area contributed by atoms with Gasteiger partial charge in [0, 0.05) is 17.0 Å². The smallest absolute Gasteiger partial charge is 0.0484 e. The van der Waals surface area contributed by atoms with Crippen LogP contribution in [0, 0.1) is 0 Å². The average Bonchev–Trinajstić information content (AvgIpc) is 2.18. The zero-order chi connectivity index (χ0) is 9.26. The molecule has 2 aromatic carbocycles. The summed E-state index contributed by atoms with van der Waals surface area (Å²) in [7, 11) is 0. The number of nitrogens with two attached hydrogens (primary N) is 1. The van der Waals surface area contributed by atoms with Gasteiger partial charge in [0.25, 0.3) is 0 Å². The molecule has 0 aliphatic heterocycles. The topological polar surface area (TPSA) is 26.0 Å². The second-order valence-electron chi connectivity index (χ2n) is 3.00. The summed E-state index contributed by atoms with van der Waals surface area (Å²) in [4.78, 5) is 0. The molecule has 0 radical (unpaired) electrons. The van der Waals surface area contributed by atoms with Gasteiger partial charge in [-0.1, -0.05) is 35.9 Å². The number of fused-ring (bicyclic) bond motifs is 1. The normalized spacial score (nSPS) is 10.6. The van der Waals surface area contributed by atoms with Crippen molar-refractivity contribution in [1.29, 1.82) is 0 Å². The highest BCUT2D eigenvalue weighted by Gasteiger charge is 1.98. The molecule has 0 saturated carbocycles. The van der Waals surface area contributed by atoms with E-state index in [1.54, 1.807) is 0 Å². The van der Waals surface area contributed by atoms with Crippen LogP contribution in [0.3, 0.4) is 0 Å². The number of halogens is 1. The first-order valence-corrected chi connectivity index (χ1v) is 4.56. The first-order valence-electron chi connectivity index (χ1n) is 4.18. The maximum absolute atomic E-state index is 6.02. The lowest BCUT2D eigenvalue weighted by atomic mass is 10.1. The molecular weight excluding hydrogens is 182 g/mol. The lowest BCUT2D eigenvalue weighted by Gasteiger charge is -2.02. The first-order chi connectivity index (χ1) is 6.31. The fourth-order valence-corrected chi connectivity index (χ4v) is 1.67. The Hall–Kier alpha value is -1.05. The van der Waals surface area contributed by atoms with Crippen LogP contribution >= 0.6 is 11.6 Å². The van der Waals surface area contributed by atoms with Gasteiger partial charge in [0.05, 0.1) is 0 Å². The van der Waals surface area contributed by atoms with Crippen molar-refractivity contribution in [2.45, 2.75) is 6.54 Å². The summed E-state index contributed by atoms with van der Waals surface area (Å²) in [5, 5.41) is 3.03. The Balaban J connectivity index is 2.72. The third-order valence-electron chi connectivity index (χ3n) is 2.13. The molecule has 2 N–H and O–H groups in total.